The van der Waals surface area contributed by atoms with Crippen LogP contribution >= 0.6 is 0 Å². The molecule has 3 rings (SSSR count). The van der Waals surface area contributed by atoms with Crippen molar-refractivity contribution in [1.82, 2.24) is 9.55 Å². The first kappa shape index (κ1) is 13.4. The summed E-state index contributed by atoms with van der Waals surface area (Å²) in [6.07, 6.45) is 0.936. The molecular formula is C17H16N2O2. The van der Waals surface area contributed by atoms with Crippen LogP contribution in [0.5, 0.6) is 0 Å². The molecular weight excluding hydrogens is 264 g/mol. The van der Waals surface area contributed by atoms with Crippen molar-refractivity contribution in [3.63, 3.8) is 0 Å². The van der Waals surface area contributed by atoms with E-state index in [1.165, 1.54) is 5.56 Å². The molecule has 0 spiro atoms. The summed E-state index contributed by atoms with van der Waals surface area (Å²) in [4.78, 5) is 16.0. The lowest BCUT2D eigenvalue weighted by atomic mass is 10.1. The molecule has 0 atom stereocenters. The Morgan fingerprint density at radius 2 is 2.00 bits per heavy atom. The Hall–Kier alpha value is -2.62. The first-order chi connectivity index (χ1) is 10.1. The van der Waals surface area contributed by atoms with Gasteiger partial charge in [-0.25, -0.2) is 9.78 Å². The average molecular weight is 280 g/mol. The average Bonchev–Trinajstić information content (AvgIpc) is 2.82. The fraction of sp³-hybridized carbons (Fsp3) is 0.176. The van der Waals surface area contributed by atoms with Gasteiger partial charge in [-0.2, -0.15) is 0 Å². The first-order valence-corrected chi connectivity index (χ1v) is 6.92. The van der Waals surface area contributed by atoms with E-state index in [0.29, 0.717) is 11.0 Å². The molecule has 21 heavy (non-hydrogen) atoms. The molecule has 4 heteroatoms. The number of hydrogen-bond donors (Lipinski definition) is 1. The summed E-state index contributed by atoms with van der Waals surface area (Å²) in [5, 5.41) is 9.42. The Kier molecular flexibility index (Phi) is 3.22. The van der Waals surface area contributed by atoms with Crippen LogP contribution in [0.4, 0.5) is 0 Å². The summed E-state index contributed by atoms with van der Waals surface area (Å²) < 4.78 is 1.91. The lowest BCUT2D eigenvalue weighted by Gasteiger charge is -2.10. The van der Waals surface area contributed by atoms with Crippen LogP contribution in [0.2, 0.25) is 0 Å². The summed E-state index contributed by atoms with van der Waals surface area (Å²) in [6.45, 7) is 3.99. The van der Waals surface area contributed by atoms with Crippen LogP contribution in [0.1, 0.15) is 28.7 Å². The number of aromatic nitrogens is 2. The molecule has 106 valence electrons. The van der Waals surface area contributed by atoms with Gasteiger partial charge < -0.3 is 5.11 Å². The topological polar surface area (TPSA) is 55.1 Å². The molecule has 0 unspecified atom stereocenters. The third-order valence-corrected chi connectivity index (χ3v) is 3.65. The third-order valence-electron chi connectivity index (χ3n) is 3.65. The van der Waals surface area contributed by atoms with Gasteiger partial charge in [-0.15, -0.1) is 0 Å². The monoisotopic (exact) mass is 280 g/mol. The maximum Gasteiger partial charge on any atom is 0.337 e. The maximum absolute atomic E-state index is 11.5. The van der Waals surface area contributed by atoms with Gasteiger partial charge in [0.1, 0.15) is 5.82 Å². The molecule has 0 aliphatic rings. The second kappa shape index (κ2) is 5.05. The fourth-order valence-electron chi connectivity index (χ4n) is 2.65. The molecule has 1 heterocycles. The minimum Gasteiger partial charge on any atom is -0.478 e. The number of aryl methyl sites for hydroxylation is 2. The van der Waals surface area contributed by atoms with Crippen molar-refractivity contribution in [3.05, 3.63) is 59.4 Å². The largest absolute Gasteiger partial charge is 0.478 e. The van der Waals surface area contributed by atoms with E-state index in [1.54, 1.807) is 12.1 Å². The molecule has 0 bridgehead atoms. The zero-order valence-electron chi connectivity index (χ0n) is 12.0. The number of hydrogen-bond acceptors (Lipinski definition) is 2. The van der Waals surface area contributed by atoms with Gasteiger partial charge in [0, 0.05) is 5.69 Å². The maximum atomic E-state index is 11.5. The highest BCUT2D eigenvalue weighted by molar-refractivity contribution is 6.01. The summed E-state index contributed by atoms with van der Waals surface area (Å²) in [5.41, 5.74) is 3.78. The zero-order chi connectivity index (χ0) is 15.0. The quantitative estimate of drug-likeness (QED) is 0.797. The van der Waals surface area contributed by atoms with E-state index in [9.17, 15) is 9.90 Å². The highest BCUT2D eigenvalue weighted by Crippen LogP contribution is 2.25. The molecule has 0 aliphatic heterocycles. The number of carboxylic acid groups (broad SMARTS) is 1. The lowest BCUT2D eigenvalue weighted by Crippen LogP contribution is -2.03. The highest BCUT2D eigenvalue weighted by atomic mass is 16.4. The number of nitrogens with zero attached hydrogens (tertiary/aromatic N) is 2. The van der Waals surface area contributed by atoms with Crippen LogP contribution in [0.3, 0.4) is 0 Å². The van der Waals surface area contributed by atoms with E-state index < -0.39 is 5.97 Å². The van der Waals surface area contributed by atoms with E-state index in [2.05, 4.69) is 24.0 Å². The summed E-state index contributed by atoms with van der Waals surface area (Å²) in [6, 6.07) is 13.3. The highest BCUT2D eigenvalue weighted by Gasteiger charge is 2.16. The van der Waals surface area contributed by atoms with Gasteiger partial charge in [0.25, 0.3) is 0 Å². The van der Waals surface area contributed by atoms with Crippen LogP contribution in [0, 0.1) is 6.92 Å². The van der Waals surface area contributed by atoms with Crippen LogP contribution in [0.15, 0.2) is 42.5 Å². The molecule has 0 radical (unpaired) electrons. The minimum atomic E-state index is -0.937. The smallest absolute Gasteiger partial charge is 0.337 e. The minimum absolute atomic E-state index is 0.273. The Labute approximate surface area is 122 Å². The number of carboxylic acids is 1. The van der Waals surface area contributed by atoms with Crippen molar-refractivity contribution in [2.24, 2.45) is 0 Å². The molecule has 0 saturated carbocycles. The van der Waals surface area contributed by atoms with E-state index in [1.807, 2.05) is 29.7 Å². The van der Waals surface area contributed by atoms with Gasteiger partial charge in [0.15, 0.2) is 0 Å². The molecule has 3 aromatic rings. The Balaban J connectivity index is 2.36. The second-order valence-corrected chi connectivity index (χ2v) is 5.00. The third kappa shape index (κ3) is 2.18. The Morgan fingerprint density at radius 3 is 2.71 bits per heavy atom. The van der Waals surface area contributed by atoms with Crippen molar-refractivity contribution >= 4 is 17.0 Å². The van der Waals surface area contributed by atoms with Gasteiger partial charge in [0.05, 0.1) is 16.6 Å². The number of para-hydroxylation sites is 1. The Bertz CT molecular complexity index is 834. The van der Waals surface area contributed by atoms with Crippen LogP contribution < -0.4 is 0 Å². The van der Waals surface area contributed by atoms with E-state index in [0.717, 1.165) is 17.9 Å². The predicted molar refractivity (Wildman–Crippen MR) is 82.1 cm³/mol. The summed E-state index contributed by atoms with van der Waals surface area (Å²) in [7, 11) is 0. The van der Waals surface area contributed by atoms with Crippen LogP contribution in [-0.2, 0) is 6.42 Å². The lowest BCUT2D eigenvalue weighted by molar-refractivity contribution is 0.0698. The van der Waals surface area contributed by atoms with Crippen molar-refractivity contribution in [1.29, 1.82) is 0 Å². The number of fused-ring (bicyclic) bond motifs is 1. The molecule has 0 saturated heterocycles. The van der Waals surface area contributed by atoms with Crippen molar-refractivity contribution in [2.75, 3.05) is 0 Å². The van der Waals surface area contributed by atoms with Crippen molar-refractivity contribution < 1.29 is 9.90 Å². The van der Waals surface area contributed by atoms with Gasteiger partial charge in [-0.05, 0) is 43.2 Å². The fourth-order valence-corrected chi connectivity index (χ4v) is 2.65. The van der Waals surface area contributed by atoms with Crippen LogP contribution in [-0.4, -0.2) is 20.6 Å². The van der Waals surface area contributed by atoms with E-state index >= 15 is 0 Å². The SMILES string of the molecule is CCc1cccc(-n2c(C)nc3cccc(C(=O)O)c32)c1. The zero-order valence-corrected chi connectivity index (χ0v) is 12.0. The van der Waals surface area contributed by atoms with Gasteiger partial charge in [0.2, 0.25) is 0 Å². The first-order valence-electron chi connectivity index (χ1n) is 6.92. The Morgan fingerprint density at radius 1 is 1.24 bits per heavy atom. The number of rotatable bonds is 3. The number of benzene rings is 2. The number of imidazole rings is 1. The standard InChI is InChI=1S/C17H16N2O2/c1-3-12-6-4-7-13(10-12)19-11(2)18-15-9-5-8-14(16(15)19)17(20)21/h4-10H,3H2,1-2H3,(H,20,21). The summed E-state index contributed by atoms with van der Waals surface area (Å²) in [5.74, 6) is -0.152. The molecule has 0 amide bonds. The van der Waals surface area contributed by atoms with Gasteiger partial charge in [-0.3, -0.25) is 4.57 Å². The number of carbonyl (C=O) groups is 1. The molecule has 0 fully saturated rings. The predicted octanol–water partition coefficient (Wildman–Crippen LogP) is 3.59. The molecule has 0 aliphatic carbocycles. The van der Waals surface area contributed by atoms with Crippen molar-refractivity contribution in [3.8, 4) is 5.69 Å². The van der Waals surface area contributed by atoms with Gasteiger partial charge in [-0.1, -0.05) is 25.1 Å². The van der Waals surface area contributed by atoms with Gasteiger partial charge >= 0.3 is 5.97 Å². The number of aromatic carboxylic acids is 1. The van der Waals surface area contributed by atoms with Crippen molar-refractivity contribution in [2.45, 2.75) is 20.3 Å². The molecule has 1 aromatic heterocycles. The molecule has 2 aromatic carbocycles. The van der Waals surface area contributed by atoms with E-state index in [4.69, 9.17) is 0 Å². The summed E-state index contributed by atoms with van der Waals surface area (Å²) >= 11 is 0. The van der Waals surface area contributed by atoms with Crippen LogP contribution in [0.25, 0.3) is 16.7 Å². The second-order valence-electron chi connectivity index (χ2n) is 5.00. The normalized spacial score (nSPS) is 11.0. The molecule has 4 nitrogen and oxygen atoms in total. The van der Waals surface area contributed by atoms with E-state index in [-0.39, 0.29) is 5.56 Å². The molecule has 1 N–H and O–H groups in total.